The van der Waals surface area contributed by atoms with Crippen LogP contribution < -0.4 is 42.0 Å². The molecular weight excluding hydrogens is 272 g/mol. The number of methoxy groups -OCH3 is 1. The second kappa shape index (κ2) is 4.34. The Balaban J connectivity index is 2.77. The van der Waals surface area contributed by atoms with Crippen molar-refractivity contribution in [2.75, 3.05) is 7.11 Å². The second-order valence-electron chi connectivity index (χ2n) is 3.89. The topological polar surface area (TPSA) is 121 Å². The van der Waals surface area contributed by atoms with Gasteiger partial charge in [0.15, 0.2) is 5.75 Å². The van der Waals surface area contributed by atoms with Crippen LogP contribution >= 0.6 is 0 Å². The molecule has 8 heteroatoms. The molecule has 0 radical (unpaired) electrons. The first-order valence-corrected chi connectivity index (χ1v) is 5.25. The van der Waals surface area contributed by atoms with Crippen molar-refractivity contribution in [1.82, 2.24) is 0 Å². The molecule has 0 bridgehead atoms. The molecule has 2 aromatic carbocycles. The molecule has 0 unspecified atom stereocenters. The molecule has 0 spiro atoms. The molecule has 0 aromatic heterocycles. The molecule has 0 saturated carbocycles. The molecule has 0 atom stereocenters. The molecule has 0 aliphatic carbocycles. The van der Waals surface area contributed by atoms with Gasteiger partial charge in [-0.25, -0.2) is 0 Å². The summed E-state index contributed by atoms with van der Waals surface area (Å²) in [5.41, 5.74) is -7.71. The van der Waals surface area contributed by atoms with Gasteiger partial charge in [0.2, 0.25) is 16.9 Å². The van der Waals surface area contributed by atoms with E-state index in [1.165, 1.54) is 6.92 Å². The molecule has 2 aromatic rings. The van der Waals surface area contributed by atoms with Crippen LogP contribution in [-0.4, -0.2) is 7.11 Å². The van der Waals surface area contributed by atoms with Crippen LogP contribution in [0.2, 0.25) is 0 Å². The summed E-state index contributed by atoms with van der Waals surface area (Å²) in [7, 11) is 0.988. The Morgan fingerprint density at radius 1 is 0.600 bits per heavy atom. The van der Waals surface area contributed by atoms with Crippen LogP contribution in [0.4, 0.5) is 0 Å². The molecule has 8 nitrogen and oxygen atoms in total. The summed E-state index contributed by atoms with van der Waals surface area (Å²) in [6.45, 7) is 1.27. The van der Waals surface area contributed by atoms with Crippen molar-refractivity contribution < 1.29 is 9.47 Å². The van der Waals surface area contributed by atoms with Gasteiger partial charge in [0.1, 0.15) is 0 Å². The molecule has 0 saturated heterocycles. The van der Waals surface area contributed by atoms with Crippen LogP contribution in [-0.2, 0) is 0 Å². The lowest BCUT2D eigenvalue weighted by Crippen LogP contribution is -2.47. The minimum Gasteiger partial charge on any atom is -0.489 e. The van der Waals surface area contributed by atoms with Gasteiger partial charge in [-0.15, -0.1) is 0 Å². The Bertz CT molecular complexity index is 981. The summed E-state index contributed by atoms with van der Waals surface area (Å²) in [5, 5.41) is 0. The second-order valence-corrected chi connectivity index (χ2v) is 3.89. The Kier molecular flexibility index (Phi) is 2.93. The zero-order chi connectivity index (χ0) is 15.2. The summed E-state index contributed by atoms with van der Waals surface area (Å²) >= 11 is 0. The van der Waals surface area contributed by atoms with E-state index in [0.29, 0.717) is 0 Å². The van der Waals surface area contributed by atoms with Crippen molar-refractivity contribution in [3.63, 3.8) is 0 Å². The van der Waals surface area contributed by atoms with Gasteiger partial charge in [-0.2, -0.15) is 0 Å². The molecule has 0 amide bonds. The fraction of sp³-hybridized carbons (Fsp3) is 0.167. The highest BCUT2D eigenvalue weighted by Crippen LogP contribution is 2.23. The van der Waals surface area contributed by atoms with Crippen LogP contribution in [0.5, 0.6) is 17.2 Å². The molecule has 0 heterocycles. The number of hydrogen-bond acceptors (Lipinski definition) is 8. The van der Waals surface area contributed by atoms with E-state index in [0.717, 1.165) is 7.11 Å². The number of benzene rings is 1. The molecule has 102 valence electrons. The van der Waals surface area contributed by atoms with E-state index in [1.54, 1.807) is 0 Å². The normalized spacial score (nSPS) is 10.7. The van der Waals surface area contributed by atoms with Crippen molar-refractivity contribution in [2.24, 2.45) is 0 Å². The van der Waals surface area contributed by atoms with E-state index in [2.05, 4.69) is 4.74 Å². The zero-order valence-electron chi connectivity index (χ0n) is 10.3. The Hall–Kier alpha value is -2.90. The van der Waals surface area contributed by atoms with Gasteiger partial charge in [0, 0.05) is 5.56 Å². The predicted octanol–water partition coefficient (Wildman–Crippen LogP) is -2.29. The lowest BCUT2D eigenvalue weighted by Gasteiger charge is -2.10. The maximum atomic E-state index is 11.6. The predicted molar refractivity (Wildman–Crippen MR) is 66.6 cm³/mol. The molecule has 0 N–H and O–H groups in total. The Labute approximate surface area is 108 Å². The van der Waals surface area contributed by atoms with Crippen molar-refractivity contribution in [3.8, 4) is 17.2 Å². The summed E-state index contributed by atoms with van der Waals surface area (Å²) in [6.07, 6.45) is 0. The van der Waals surface area contributed by atoms with Crippen molar-refractivity contribution in [2.45, 2.75) is 6.92 Å². The summed E-state index contributed by atoms with van der Waals surface area (Å²) < 4.78 is 9.41. The van der Waals surface area contributed by atoms with E-state index in [4.69, 9.17) is 4.74 Å². The quantitative estimate of drug-likeness (QED) is 0.575. The fourth-order valence-corrected chi connectivity index (χ4v) is 1.61. The Morgan fingerprint density at radius 3 is 1.50 bits per heavy atom. The lowest BCUT2D eigenvalue weighted by atomic mass is 10.1. The standard InChI is InChI=1S/C12H6O8/c1-3-4(13)7(16)10(3)20-12-9(18)6(15)5(14)8(17)11(12)19-2/h1-2H3. The summed E-state index contributed by atoms with van der Waals surface area (Å²) in [5.74, 6) is -2.09. The molecule has 0 fully saturated rings. The SMILES string of the molecule is COc1c(Oc2c(C)c(=O)c2=O)c(=O)c(=O)c(=O)c1=O. The number of ether oxygens (including phenoxy) is 2. The third kappa shape index (κ3) is 1.62. The molecule has 20 heavy (non-hydrogen) atoms. The number of rotatable bonds is 3. The van der Waals surface area contributed by atoms with Crippen LogP contribution in [0.25, 0.3) is 0 Å². The van der Waals surface area contributed by atoms with Crippen molar-refractivity contribution >= 4 is 0 Å². The first-order chi connectivity index (χ1) is 9.31. The highest BCUT2D eigenvalue weighted by atomic mass is 16.5. The van der Waals surface area contributed by atoms with Gasteiger partial charge < -0.3 is 9.47 Å². The summed E-state index contributed by atoms with van der Waals surface area (Å²) in [4.78, 5) is 67.8. The zero-order valence-corrected chi connectivity index (χ0v) is 10.3. The first kappa shape index (κ1) is 13.5. The third-order valence-corrected chi connectivity index (χ3v) is 2.74. The van der Waals surface area contributed by atoms with Gasteiger partial charge in [-0.05, 0) is 6.92 Å². The Morgan fingerprint density at radius 2 is 1.05 bits per heavy atom. The molecule has 2 rings (SSSR count). The largest absolute Gasteiger partial charge is 0.489 e. The van der Waals surface area contributed by atoms with E-state index in [1.807, 2.05) is 0 Å². The van der Waals surface area contributed by atoms with Gasteiger partial charge in [-0.3, -0.25) is 28.8 Å². The van der Waals surface area contributed by atoms with E-state index >= 15 is 0 Å². The molecule has 0 aliphatic heterocycles. The van der Waals surface area contributed by atoms with E-state index in [9.17, 15) is 28.8 Å². The van der Waals surface area contributed by atoms with Crippen molar-refractivity contribution in [1.29, 1.82) is 0 Å². The van der Waals surface area contributed by atoms with Gasteiger partial charge in [0.25, 0.3) is 27.1 Å². The van der Waals surface area contributed by atoms with Crippen LogP contribution in [0.3, 0.4) is 0 Å². The fourth-order valence-electron chi connectivity index (χ4n) is 1.61. The smallest absolute Gasteiger partial charge is 0.281 e. The van der Waals surface area contributed by atoms with Gasteiger partial charge in [0.05, 0.1) is 7.11 Å². The highest BCUT2D eigenvalue weighted by Gasteiger charge is 2.26. The minimum atomic E-state index is -1.58. The maximum Gasteiger partial charge on any atom is 0.281 e. The van der Waals surface area contributed by atoms with Crippen LogP contribution in [0.1, 0.15) is 5.56 Å². The average Bonchev–Trinajstić information content (AvgIpc) is 2.46. The van der Waals surface area contributed by atoms with Gasteiger partial charge in [-0.1, -0.05) is 0 Å². The highest BCUT2D eigenvalue weighted by molar-refractivity contribution is 5.46. The monoisotopic (exact) mass is 278 g/mol. The van der Waals surface area contributed by atoms with E-state index < -0.39 is 49.8 Å². The number of hydrogen-bond donors (Lipinski definition) is 0. The van der Waals surface area contributed by atoms with Crippen LogP contribution in [0.15, 0.2) is 28.8 Å². The summed E-state index contributed by atoms with van der Waals surface area (Å²) in [6, 6.07) is 0. The van der Waals surface area contributed by atoms with Gasteiger partial charge >= 0.3 is 0 Å². The minimum absolute atomic E-state index is 0.0532. The molecular formula is C12H6O8. The first-order valence-electron chi connectivity index (χ1n) is 5.25. The lowest BCUT2D eigenvalue weighted by molar-refractivity contribution is 0.369. The van der Waals surface area contributed by atoms with Crippen molar-refractivity contribution in [3.05, 3.63) is 66.9 Å². The molecule has 0 aliphatic rings. The maximum absolute atomic E-state index is 11.6. The van der Waals surface area contributed by atoms with E-state index in [-0.39, 0.29) is 5.56 Å². The van der Waals surface area contributed by atoms with Crippen LogP contribution in [0, 0.1) is 6.92 Å². The average molecular weight is 278 g/mol. The third-order valence-electron chi connectivity index (χ3n) is 2.74.